The van der Waals surface area contributed by atoms with E-state index in [1.165, 1.54) is 4.31 Å². The van der Waals surface area contributed by atoms with Gasteiger partial charge in [0.15, 0.2) is 5.82 Å². The number of nitrogens with zero attached hydrogens (tertiary/aromatic N) is 5. The smallest absolute Gasteiger partial charge is 0.223 e. The van der Waals surface area contributed by atoms with E-state index in [1.54, 1.807) is 21.0 Å². The number of aromatic nitrogens is 2. The molecule has 0 N–H and O–H groups in total. The van der Waals surface area contributed by atoms with Crippen LogP contribution in [0.15, 0.2) is 4.52 Å². The first-order chi connectivity index (χ1) is 10.8. The van der Waals surface area contributed by atoms with E-state index in [2.05, 4.69) is 27.0 Å². The van der Waals surface area contributed by atoms with E-state index in [4.69, 9.17) is 4.52 Å². The molecule has 132 valence electrons. The summed E-state index contributed by atoms with van der Waals surface area (Å²) in [5.41, 5.74) is 0. The van der Waals surface area contributed by atoms with Crippen molar-refractivity contribution < 1.29 is 12.9 Å². The molecule has 1 aliphatic rings. The topological polar surface area (TPSA) is 82.8 Å². The van der Waals surface area contributed by atoms with E-state index in [9.17, 15) is 8.42 Å². The number of hydrogen-bond donors (Lipinski definition) is 0. The predicted molar refractivity (Wildman–Crippen MR) is 87.4 cm³/mol. The average molecular weight is 345 g/mol. The maximum absolute atomic E-state index is 11.8. The highest BCUT2D eigenvalue weighted by molar-refractivity contribution is 7.89. The maximum Gasteiger partial charge on any atom is 0.223 e. The van der Waals surface area contributed by atoms with Crippen molar-refractivity contribution in [3.8, 4) is 0 Å². The number of aryl methyl sites for hydroxylation is 1. The summed E-state index contributed by atoms with van der Waals surface area (Å²) in [6.45, 7) is 5.23. The van der Waals surface area contributed by atoms with Crippen LogP contribution >= 0.6 is 0 Å². The van der Waals surface area contributed by atoms with Crippen LogP contribution in [-0.2, 0) is 16.6 Å². The highest BCUT2D eigenvalue weighted by Crippen LogP contribution is 2.16. The van der Waals surface area contributed by atoms with Crippen LogP contribution in [-0.4, -0.2) is 85.2 Å². The van der Waals surface area contributed by atoms with Crippen molar-refractivity contribution in [1.29, 1.82) is 0 Å². The van der Waals surface area contributed by atoms with E-state index >= 15 is 0 Å². The molecule has 0 amide bonds. The average Bonchev–Trinajstić information content (AvgIpc) is 3.08. The van der Waals surface area contributed by atoms with Gasteiger partial charge in [0, 0.05) is 33.6 Å². The summed E-state index contributed by atoms with van der Waals surface area (Å²) in [6.07, 6.45) is 1.74. The third kappa shape index (κ3) is 5.23. The molecule has 1 saturated heterocycles. The van der Waals surface area contributed by atoms with Gasteiger partial charge < -0.3 is 9.42 Å². The molecule has 9 heteroatoms. The Balaban J connectivity index is 1.73. The summed E-state index contributed by atoms with van der Waals surface area (Å²) < 4.78 is 29.8. The van der Waals surface area contributed by atoms with Crippen molar-refractivity contribution in [2.75, 3.05) is 46.5 Å². The van der Waals surface area contributed by atoms with Crippen LogP contribution in [0.5, 0.6) is 0 Å². The van der Waals surface area contributed by atoms with Gasteiger partial charge >= 0.3 is 0 Å². The second-order valence-corrected chi connectivity index (χ2v) is 8.64. The normalized spacial score (nSPS) is 20.0. The Kier molecular flexibility index (Phi) is 6.12. The standard InChI is InChI=1S/C14H27N5O3S/c1-12-15-14(16-22-12)11-18(4)13-6-8-19(10-13)7-5-9-23(20,21)17(2)3/h13H,5-11H2,1-4H3/t13-/m1/s1. The Hall–Kier alpha value is -1.03. The van der Waals surface area contributed by atoms with Gasteiger partial charge in [0.1, 0.15) is 0 Å². The van der Waals surface area contributed by atoms with Gasteiger partial charge in [-0.1, -0.05) is 5.16 Å². The lowest BCUT2D eigenvalue weighted by atomic mass is 10.2. The quantitative estimate of drug-likeness (QED) is 0.664. The van der Waals surface area contributed by atoms with Crippen molar-refractivity contribution in [3.05, 3.63) is 11.7 Å². The second kappa shape index (κ2) is 7.69. The largest absolute Gasteiger partial charge is 0.340 e. The van der Waals surface area contributed by atoms with Gasteiger partial charge in [-0.15, -0.1) is 0 Å². The molecule has 1 aliphatic heterocycles. The zero-order chi connectivity index (χ0) is 17.0. The summed E-state index contributed by atoms with van der Waals surface area (Å²) in [5, 5.41) is 3.93. The van der Waals surface area contributed by atoms with Crippen LogP contribution in [0.1, 0.15) is 24.6 Å². The Morgan fingerprint density at radius 2 is 2.09 bits per heavy atom. The lowest BCUT2D eigenvalue weighted by Crippen LogP contribution is -2.35. The number of hydrogen-bond acceptors (Lipinski definition) is 7. The number of sulfonamides is 1. The highest BCUT2D eigenvalue weighted by Gasteiger charge is 2.26. The molecular weight excluding hydrogens is 318 g/mol. The third-order valence-corrected chi connectivity index (χ3v) is 6.18. The Morgan fingerprint density at radius 1 is 1.35 bits per heavy atom. The van der Waals surface area contributed by atoms with Crippen molar-refractivity contribution in [3.63, 3.8) is 0 Å². The lowest BCUT2D eigenvalue weighted by Gasteiger charge is -2.23. The number of rotatable bonds is 8. The minimum absolute atomic E-state index is 0.207. The fourth-order valence-electron chi connectivity index (χ4n) is 2.79. The third-order valence-electron chi connectivity index (χ3n) is 4.26. The molecule has 0 aliphatic carbocycles. The molecular formula is C14H27N5O3S. The number of likely N-dealkylation sites (N-methyl/N-ethyl adjacent to an activating group) is 1. The predicted octanol–water partition coefficient (Wildman–Crippen LogP) is 0.166. The van der Waals surface area contributed by atoms with Crippen molar-refractivity contribution >= 4 is 10.0 Å². The molecule has 2 rings (SSSR count). The second-order valence-electron chi connectivity index (χ2n) is 6.34. The Morgan fingerprint density at radius 3 is 2.70 bits per heavy atom. The number of likely N-dealkylation sites (tertiary alicyclic amines) is 1. The molecule has 23 heavy (non-hydrogen) atoms. The SMILES string of the molecule is Cc1nc(CN(C)[C@@H]2CCN(CCCS(=O)(=O)N(C)C)C2)no1. The zero-order valence-electron chi connectivity index (χ0n) is 14.4. The molecule has 0 aromatic carbocycles. The van der Waals surface area contributed by atoms with Crippen molar-refractivity contribution in [2.24, 2.45) is 0 Å². The lowest BCUT2D eigenvalue weighted by molar-refractivity contribution is 0.218. The molecule has 0 radical (unpaired) electrons. The maximum atomic E-state index is 11.8. The first kappa shape index (κ1) is 18.3. The van der Waals surface area contributed by atoms with Crippen molar-refractivity contribution in [2.45, 2.75) is 32.4 Å². The van der Waals surface area contributed by atoms with Gasteiger partial charge in [-0.2, -0.15) is 4.98 Å². The summed E-state index contributed by atoms with van der Waals surface area (Å²) >= 11 is 0. The molecule has 1 aromatic rings. The van der Waals surface area contributed by atoms with Crippen LogP contribution < -0.4 is 0 Å². The molecule has 0 spiro atoms. The van der Waals surface area contributed by atoms with E-state index in [-0.39, 0.29) is 5.75 Å². The minimum atomic E-state index is -3.09. The zero-order valence-corrected chi connectivity index (χ0v) is 15.2. The first-order valence-electron chi connectivity index (χ1n) is 7.90. The summed E-state index contributed by atoms with van der Waals surface area (Å²) in [6, 6.07) is 0.444. The summed E-state index contributed by atoms with van der Waals surface area (Å²) in [7, 11) is 2.14. The van der Waals surface area contributed by atoms with Gasteiger partial charge in [-0.05, 0) is 33.0 Å². The molecule has 0 saturated carbocycles. The van der Waals surface area contributed by atoms with Gasteiger partial charge in [0.05, 0.1) is 12.3 Å². The molecule has 1 fully saturated rings. The Bertz CT molecular complexity index is 601. The highest BCUT2D eigenvalue weighted by atomic mass is 32.2. The molecule has 0 unspecified atom stereocenters. The van der Waals surface area contributed by atoms with E-state index < -0.39 is 10.0 Å². The van der Waals surface area contributed by atoms with Crippen LogP contribution in [0, 0.1) is 6.92 Å². The van der Waals surface area contributed by atoms with Gasteiger partial charge in [0.2, 0.25) is 15.9 Å². The first-order valence-corrected chi connectivity index (χ1v) is 9.51. The van der Waals surface area contributed by atoms with E-state index in [0.29, 0.717) is 30.7 Å². The van der Waals surface area contributed by atoms with Crippen molar-refractivity contribution in [1.82, 2.24) is 24.2 Å². The van der Waals surface area contributed by atoms with Crippen LogP contribution in [0.2, 0.25) is 0 Å². The monoisotopic (exact) mass is 345 g/mol. The fraction of sp³-hybridized carbons (Fsp3) is 0.857. The fourth-order valence-corrected chi connectivity index (χ4v) is 3.64. The summed E-state index contributed by atoms with van der Waals surface area (Å²) in [4.78, 5) is 8.79. The minimum Gasteiger partial charge on any atom is -0.340 e. The van der Waals surface area contributed by atoms with E-state index in [1.807, 2.05) is 0 Å². The van der Waals surface area contributed by atoms with Crippen LogP contribution in [0.3, 0.4) is 0 Å². The molecule has 1 aromatic heterocycles. The molecule has 1 atom stereocenters. The van der Waals surface area contributed by atoms with Crippen LogP contribution in [0.4, 0.5) is 0 Å². The van der Waals surface area contributed by atoms with Gasteiger partial charge in [-0.3, -0.25) is 4.90 Å². The molecule has 8 nitrogen and oxygen atoms in total. The van der Waals surface area contributed by atoms with Gasteiger partial charge in [-0.25, -0.2) is 12.7 Å². The molecule has 0 bridgehead atoms. The molecule has 2 heterocycles. The Labute approximate surface area is 138 Å². The van der Waals surface area contributed by atoms with E-state index in [0.717, 1.165) is 26.1 Å². The summed E-state index contributed by atoms with van der Waals surface area (Å²) in [5.74, 6) is 1.50. The van der Waals surface area contributed by atoms with Gasteiger partial charge in [0.25, 0.3) is 0 Å². The van der Waals surface area contributed by atoms with Crippen LogP contribution in [0.25, 0.3) is 0 Å².